The summed E-state index contributed by atoms with van der Waals surface area (Å²) in [6, 6.07) is 0.845. The molecule has 2 aliphatic heterocycles. The van der Waals surface area contributed by atoms with Crippen LogP contribution in [-0.4, -0.2) is 32.3 Å². The molecule has 0 aliphatic carbocycles. The molecule has 0 aromatic carbocycles. The maximum Gasteiger partial charge on any atom is 0.149 e. The molecule has 0 bridgehead atoms. The largest absolute Gasteiger partial charge is 0.314 e. The fourth-order valence-corrected chi connectivity index (χ4v) is 5.03. The average Bonchev–Trinajstić information content (AvgIpc) is 2.70. The van der Waals surface area contributed by atoms with Crippen molar-refractivity contribution in [3.8, 4) is 0 Å². The van der Waals surface area contributed by atoms with Crippen LogP contribution in [-0.2, 0) is 13.0 Å². The number of nitrogens with zero attached hydrogens (tertiary/aromatic N) is 3. The predicted molar refractivity (Wildman–Crippen MR) is 88.6 cm³/mol. The Morgan fingerprint density at radius 1 is 1.29 bits per heavy atom. The van der Waals surface area contributed by atoms with Gasteiger partial charge in [-0.1, -0.05) is 20.3 Å². The molecule has 2 unspecified atom stereocenters. The standard InChI is InChI=1S/C16H28N4S/c1-12(17-13-11-21-10-8-16(13,2)3)15-19-18-14-7-5-4-6-9-20(14)15/h12-13,17H,4-11H2,1-3H3. The Morgan fingerprint density at radius 3 is 2.95 bits per heavy atom. The molecule has 2 aliphatic rings. The van der Waals surface area contributed by atoms with Gasteiger partial charge < -0.3 is 9.88 Å². The highest BCUT2D eigenvalue weighted by Gasteiger charge is 2.34. The number of nitrogens with one attached hydrogen (secondary N) is 1. The molecule has 0 saturated carbocycles. The Labute approximate surface area is 132 Å². The van der Waals surface area contributed by atoms with Crippen LogP contribution in [0, 0.1) is 5.41 Å². The lowest BCUT2D eigenvalue weighted by Crippen LogP contribution is -2.47. The van der Waals surface area contributed by atoms with Gasteiger partial charge in [-0.3, -0.25) is 0 Å². The smallest absolute Gasteiger partial charge is 0.149 e. The number of thioether (sulfide) groups is 1. The summed E-state index contributed by atoms with van der Waals surface area (Å²) in [4.78, 5) is 0. The SMILES string of the molecule is CC(NC1CSCCC1(C)C)c1nnc2n1CCCCC2. The van der Waals surface area contributed by atoms with Crippen LogP contribution in [0.25, 0.3) is 0 Å². The van der Waals surface area contributed by atoms with E-state index in [1.165, 1.54) is 43.0 Å². The fraction of sp³-hybridized carbons (Fsp3) is 0.875. The van der Waals surface area contributed by atoms with Crippen LogP contribution >= 0.6 is 11.8 Å². The summed E-state index contributed by atoms with van der Waals surface area (Å²) in [6.07, 6.45) is 6.21. The van der Waals surface area contributed by atoms with Gasteiger partial charge in [0.05, 0.1) is 6.04 Å². The number of rotatable bonds is 3. The molecule has 1 N–H and O–H groups in total. The van der Waals surface area contributed by atoms with Gasteiger partial charge in [-0.15, -0.1) is 10.2 Å². The molecule has 21 heavy (non-hydrogen) atoms. The highest BCUT2D eigenvalue weighted by atomic mass is 32.2. The minimum Gasteiger partial charge on any atom is -0.314 e. The Hall–Kier alpha value is -0.550. The molecule has 1 saturated heterocycles. The van der Waals surface area contributed by atoms with Gasteiger partial charge in [-0.25, -0.2) is 0 Å². The van der Waals surface area contributed by atoms with Gasteiger partial charge in [0.2, 0.25) is 0 Å². The van der Waals surface area contributed by atoms with E-state index in [-0.39, 0.29) is 6.04 Å². The molecule has 0 spiro atoms. The van der Waals surface area contributed by atoms with Crippen molar-refractivity contribution in [1.82, 2.24) is 20.1 Å². The highest BCUT2D eigenvalue weighted by molar-refractivity contribution is 7.99. The van der Waals surface area contributed by atoms with E-state index in [1.54, 1.807) is 0 Å². The number of hydrogen-bond donors (Lipinski definition) is 1. The number of hydrogen-bond acceptors (Lipinski definition) is 4. The third kappa shape index (κ3) is 3.29. The van der Waals surface area contributed by atoms with Gasteiger partial charge in [-0.2, -0.15) is 11.8 Å². The van der Waals surface area contributed by atoms with E-state index in [4.69, 9.17) is 0 Å². The molecular formula is C16H28N4S. The van der Waals surface area contributed by atoms with E-state index in [0.29, 0.717) is 11.5 Å². The van der Waals surface area contributed by atoms with E-state index in [0.717, 1.165) is 18.8 Å². The normalized spacial score (nSPS) is 26.9. The zero-order chi connectivity index (χ0) is 14.9. The Bertz CT molecular complexity index is 483. The molecule has 0 amide bonds. The zero-order valence-electron chi connectivity index (χ0n) is 13.6. The number of fused-ring (bicyclic) bond motifs is 1. The van der Waals surface area contributed by atoms with Gasteiger partial charge in [0.1, 0.15) is 11.6 Å². The number of aryl methyl sites for hydroxylation is 1. The van der Waals surface area contributed by atoms with E-state index in [1.807, 2.05) is 0 Å². The monoisotopic (exact) mass is 308 g/mol. The summed E-state index contributed by atoms with van der Waals surface area (Å²) in [5.74, 6) is 4.82. The molecule has 1 aromatic rings. The van der Waals surface area contributed by atoms with Crippen LogP contribution in [0.15, 0.2) is 0 Å². The van der Waals surface area contributed by atoms with Crippen molar-refractivity contribution in [2.45, 2.75) is 71.5 Å². The minimum absolute atomic E-state index is 0.285. The second kappa shape index (κ2) is 6.29. The molecule has 1 aromatic heterocycles. The second-order valence-corrected chi connectivity index (χ2v) is 8.34. The van der Waals surface area contributed by atoms with E-state index < -0.39 is 0 Å². The first-order valence-corrected chi connectivity index (χ1v) is 9.49. The maximum absolute atomic E-state index is 4.50. The Morgan fingerprint density at radius 2 is 2.14 bits per heavy atom. The molecule has 2 atom stereocenters. The van der Waals surface area contributed by atoms with Crippen molar-refractivity contribution in [2.24, 2.45) is 5.41 Å². The summed E-state index contributed by atoms with van der Waals surface area (Å²) in [5, 5.41) is 12.8. The zero-order valence-corrected chi connectivity index (χ0v) is 14.4. The molecule has 3 rings (SSSR count). The van der Waals surface area contributed by atoms with Crippen LogP contribution in [0.4, 0.5) is 0 Å². The molecule has 3 heterocycles. The van der Waals surface area contributed by atoms with Crippen molar-refractivity contribution in [2.75, 3.05) is 11.5 Å². The molecule has 0 radical (unpaired) electrons. The third-order valence-electron chi connectivity index (χ3n) is 5.10. The van der Waals surface area contributed by atoms with Crippen LogP contribution < -0.4 is 5.32 Å². The summed E-state index contributed by atoms with van der Waals surface area (Å²) in [5.41, 5.74) is 0.376. The van der Waals surface area contributed by atoms with Crippen molar-refractivity contribution in [3.63, 3.8) is 0 Å². The van der Waals surface area contributed by atoms with Crippen LogP contribution in [0.5, 0.6) is 0 Å². The van der Waals surface area contributed by atoms with Gasteiger partial charge in [0.15, 0.2) is 0 Å². The first-order valence-electron chi connectivity index (χ1n) is 8.34. The molecule has 5 heteroatoms. The highest BCUT2D eigenvalue weighted by Crippen LogP contribution is 2.35. The lowest BCUT2D eigenvalue weighted by molar-refractivity contribution is 0.228. The molecular weight excluding hydrogens is 280 g/mol. The predicted octanol–water partition coefficient (Wildman–Crippen LogP) is 3.19. The first kappa shape index (κ1) is 15.3. The summed E-state index contributed by atoms with van der Waals surface area (Å²) >= 11 is 2.07. The summed E-state index contributed by atoms with van der Waals surface area (Å²) in [7, 11) is 0. The van der Waals surface area contributed by atoms with Gasteiger partial charge in [0, 0.05) is 24.8 Å². The Kier molecular flexibility index (Phi) is 4.60. The van der Waals surface area contributed by atoms with Crippen molar-refractivity contribution >= 4 is 11.8 Å². The first-order chi connectivity index (χ1) is 10.1. The van der Waals surface area contributed by atoms with Gasteiger partial charge >= 0.3 is 0 Å². The lowest BCUT2D eigenvalue weighted by Gasteiger charge is -2.40. The minimum atomic E-state index is 0.285. The average molecular weight is 308 g/mol. The van der Waals surface area contributed by atoms with Gasteiger partial charge in [-0.05, 0) is 37.4 Å². The molecule has 118 valence electrons. The second-order valence-electron chi connectivity index (χ2n) is 7.19. The summed E-state index contributed by atoms with van der Waals surface area (Å²) < 4.78 is 2.37. The Balaban J connectivity index is 1.73. The fourth-order valence-electron chi connectivity index (χ4n) is 3.41. The van der Waals surface area contributed by atoms with Crippen molar-refractivity contribution in [3.05, 3.63) is 11.6 Å². The molecule has 4 nitrogen and oxygen atoms in total. The van der Waals surface area contributed by atoms with Crippen LogP contribution in [0.2, 0.25) is 0 Å². The summed E-state index contributed by atoms with van der Waals surface area (Å²) in [6.45, 7) is 8.12. The number of aromatic nitrogens is 3. The van der Waals surface area contributed by atoms with Crippen molar-refractivity contribution in [1.29, 1.82) is 0 Å². The van der Waals surface area contributed by atoms with E-state index in [2.05, 4.69) is 52.6 Å². The third-order valence-corrected chi connectivity index (χ3v) is 6.16. The lowest BCUT2D eigenvalue weighted by atomic mass is 9.82. The van der Waals surface area contributed by atoms with Gasteiger partial charge in [0.25, 0.3) is 0 Å². The quantitative estimate of drug-likeness (QED) is 0.931. The van der Waals surface area contributed by atoms with E-state index in [9.17, 15) is 0 Å². The van der Waals surface area contributed by atoms with E-state index >= 15 is 0 Å². The topological polar surface area (TPSA) is 42.7 Å². The maximum atomic E-state index is 4.50. The van der Waals surface area contributed by atoms with Crippen LogP contribution in [0.3, 0.4) is 0 Å². The van der Waals surface area contributed by atoms with Crippen molar-refractivity contribution < 1.29 is 0 Å². The van der Waals surface area contributed by atoms with Crippen LogP contribution in [0.1, 0.15) is 64.1 Å². The molecule has 1 fully saturated rings.